The number of sulfonamides is 1. The molecule has 174 valence electrons. The van der Waals surface area contributed by atoms with Gasteiger partial charge in [0.25, 0.3) is 5.91 Å². The van der Waals surface area contributed by atoms with E-state index in [4.69, 9.17) is 9.90 Å². The van der Waals surface area contributed by atoms with Crippen molar-refractivity contribution in [2.45, 2.75) is 32.0 Å². The molecule has 1 saturated heterocycles. The molecule has 1 amide bonds. The molecule has 1 aliphatic carbocycles. The predicted molar refractivity (Wildman–Crippen MR) is 107 cm³/mol. The van der Waals surface area contributed by atoms with Gasteiger partial charge >= 0.3 is 12.1 Å². The summed E-state index contributed by atoms with van der Waals surface area (Å²) in [4.78, 5) is 23.4. The average Bonchev–Trinajstić information content (AvgIpc) is 3.54. The normalized spacial score (nSPS) is 17.4. The first-order valence-electron chi connectivity index (χ1n) is 9.78. The number of amides is 1. The van der Waals surface area contributed by atoms with Crippen LogP contribution in [0.25, 0.3) is 0 Å². The molecule has 2 N–H and O–H groups in total. The Morgan fingerprint density at radius 1 is 1.16 bits per heavy atom. The van der Waals surface area contributed by atoms with Gasteiger partial charge in [-0.05, 0) is 31.9 Å². The predicted octanol–water partition coefficient (Wildman–Crippen LogP) is 1.47. The highest BCUT2D eigenvalue weighted by Gasteiger charge is 2.38. The third kappa shape index (κ3) is 7.78. The smallest absolute Gasteiger partial charge is 0.475 e. The van der Waals surface area contributed by atoms with Crippen LogP contribution in [0.2, 0.25) is 0 Å². The van der Waals surface area contributed by atoms with Crippen LogP contribution in [-0.2, 0) is 14.8 Å². The first-order chi connectivity index (χ1) is 14.4. The Labute approximate surface area is 179 Å². The average molecular weight is 465 g/mol. The summed E-state index contributed by atoms with van der Waals surface area (Å²) in [5.41, 5.74) is 1.73. The second-order valence-corrected chi connectivity index (χ2v) is 9.45. The van der Waals surface area contributed by atoms with Crippen molar-refractivity contribution >= 4 is 21.9 Å². The Hall–Kier alpha value is -2.18. The number of benzene rings is 1. The molecule has 1 saturated carbocycles. The molecule has 0 atom stereocenters. The van der Waals surface area contributed by atoms with Crippen molar-refractivity contribution in [3.63, 3.8) is 0 Å². The van der Waals surface area contributed by atoms with Crippen molar-refractivity contribution in [2.24, 2.45) is 0 Å². The number of nitrogens with zero attached hydrogens (tertiary/aromatic N) is 2. The van der Waals surface area contributed by atoms with Crippen molar-refractivity contribution in [3.05, 3.63) is 35.4 Å². The number of piperazine rings is 1. The van der Waals surface area contributed by atoms with E-state index in [1.807, 2.05) is 31.2 Å². The van der Waals surface area contributed by atoms with E-state index in [1.54, 1.807) is 4.90 Å². The van der Waals surface area contributed by atoms with Gasteiger partial charge in [0.2, 0.25) is 10.0 Å². The Bertz CT molecular complexity index is 865. The summed E-state index contributed by atoms with van der Waals surface area (Å²) >= 11 is 0. The topological polar surface area (TPSA) is 107 Å². The van der Waals surface area contributed by atoms with Crippen molar-refractivity contribution < 1.29 is 36.3 Å². The summed E-state index contributed by atoms with van der Waals surface area (Å²) in [6.45, 7) is 4.65. The van der Waals surface area contributed by atoms with Gasteiger partial charge in [-0.1, -0.05) is 17.7 Å². The minimum atomic E-state index is -5.08. The maximum Gasteiger partial charge on any atom is 0.490 e. The number of carboxylic acids is 1. The van der Waals surface area contributed by atoms with Crippen molar-refractivity contribution in [3.8, 4) is 0 Å². The molecule has 0 bridgehead atoms. The standard InChI is InChI=1S/C17H25N3O3S.C2HF3O2/c1-14-2-4-15(5-3-14)17(21)20(16-6-7-16)12-13-24(22,23)19-10-8-18-9-11-19;3-2(4,5)1(6)7/h2-5,16,18H,6-13H2,1H3;(H,6,7). The number of rotatable bonds is 6. The van der Waals surface area contributed by atoms with E-state index in [0.717, 1.165) is 18.4 Å². The van der Waals surface area contributed by atoms with E-state index in [9.17, 15) is 26.4 Å². The number of hydrogen-bond acceptors (Lipinski definition) is 5. The number of carbonyl (C=O) groups is 2. The molecule has 1 heterocycles. The fourth-order valence-corrected chi connectivity index (χ4v) is 4.39. The zero-order valence-electron chi connectivity index (χ0n) is 17.1. The van der Waals surface area contributed by atoms with Gasteiger partial charge < -0.3 is 15.3 Å². The summed E-state index contributed by atoms with van der Waals surface area (Å²) in [6.07, 6.45) is -3.16. The summed E-state index contributed by atoms with van der Waals surface area (Å²) < 4.78 is 58.3. The Balaban J connectivity index is 0.000000423. The lowest BCUT2D eigenvalue weighted by atomic mass is 10.1. The maximum atomic E-state index is 12.7. The molecule has 0 spiro atoms. The van der Waals surface area contributed by atoms with E-state index in [-0.39, 0.29) is 24.2 Å². The van der Waals surface area contributed by atoms with Gasteiger partial charge in [0, 0.05) is 44.3 Å². The van der Waals surface area contributed by atoms with Crippen LogP contribution in [0.5, 0.6) is 0 Å². The molecule has 12 heteroatoms. The summed E-state index contributed by atoms with van der Waals surface area (Å²) in [5.74, 6) is -2.82. The Morgan fingerprint density at radius 2 is 1.68 bits per heavy atom. The number of aliphatic carboxylic acids is 1. The lowest BCUT2D eigenvalue weighted by molar-refractivity contribution is -0.192. The van der Waals surface area contributed by atoms with Crippen molar-refractivity contribution in [1.82, 2.24) is 14.5 Å². The van der Waals surface area contributed by atoms with Gasteiger partial charge in [0.05, 0.1) is 5.75 Å². The van der Waals surface area contributed by atoms with Crippen LogP contribution in [-0.4, -0.2) is 85.3 Å². The minimum absolute atomic E-state index is 0.00109. The van der Waals surface area contributed by atoms with Crippen LogP contribution >= 0.6 is 0 Å². The third-order valence-electron chi connectivity index (χ3n) is 4.85. The molecule has 0 unspecified atom stereocenters. The molecule has 0 radical (unpaired) electrons. The zero-order valence-corrected chi connectivity index (χ0v) is 17.9. The van der Waals surface area contributed by atoms with Crippen molar-refractivity contribution in [2.75, 3.05) is 38.5 Å². The number of alkyl halides is 3. The van der Waals surface area contributed by atoms with Crippen LogP contribution in [0.1, 0.15) is 28.8 Å². The van der Waals surface area contributed by atoms with Crippen LogP contribution in [0.3, 0.4) is 0 Å². The number of aryl methyl sites for hydroxylation is 1. The fourth-order valence-electron chi connectivity index (χ4n) is 2.96. The van der Waals surface area contributed by atoms with Crippen LogP contribution in [0, 0.1) is 6.92 Å². The summed E-state index contributed by atoms with van der Waals surface area (Å²) in [6, 6.07) is 7.65. The molecule has 2 fully saturated rings. The number of carbonyl (C=O) groups excluding carboxylic acids is 1. The van der Waals surface area contributed by atoms with Gasteiger partial charge in [-0.25, -0.2) is 13.2 Å². The van der Waals surface area contributed by atoms with Gasteiger partial charge in [0.1, 0.15) is 0 Å². The first-order valence-corrected chi connectivity index (χ1v) is 11.4. The highest BCUT2D eigenvalue weighted by Crippen LogP contribution is 2.28. The minimum Gasteiger partial charge on any atom is -0.475 e. The number of carboxylic acid groups (broad SMARTS) is 1. The summed E-state index contributed by atoms with van der Waals surface area (Å²) in [5, 5.41) is 10.3. The Morgan fingerprint density at radius 3 is 2.13 bits per heavy atom. The SMILES string of the molecule is Cc1ccc(C(=O)N(CCS(=O)(=O)N2CCNCC2)C2CC2)cc1.O=C(O)C(F)(F)F. The molecular formula is C19H26F3N3O5S. The largest absolute Gasteiger partial charge is 0.490 e. The number of nitrogens with one attached hydrogen (secondary N) is 1. The molecular weight excluding hydrogens is 439 g/mol. The quantitative estimate of drug-likeness (QED) is 0.659. The molecule has 8 nitrogen and oxygen atoms in total. The lowest BCUT2D eigenvalue weighted by Crippen LogP contribution is -2.48. The number of hydrogen-bond donors (Lipinski definition) is 2. The molecule has 1 aromatic carbocycles. The molecule has 1 aliphatic heterocycles. The van der Waals surface area contributed by atoms with E-state index in [1.165, 1.54) is 4.31 Å². The molecule has 31 heavy (non-hydrogen) atoms. The third-order valence-corrected chi connectivity index (χ3v) is 6.70. The number of halogens is 3. The van der Waals surface area contributed by atoms with Gasteiger partial charge in [0.15, 0.2) is 0 Å². The second kappa shape index (κ2) is 10.4. The van der Waals surface area contributed by atoms with E-state index < -0.39 is 22.2 Å². The second-order valence-electron chi connectivity index (χ2n) is 7.36. The molecule has 0 aromatic heterocycles. The summed E-state index contributed by atoms with van der Waals surface area (Å²) in [7, 11) is -3.31. The van der Waals surface area contributed by atoms with Crippen LogP contribution < -0.4 is 5.32 Å². The van der Waals surface area contributed by atoms with Crippen LogP contribution in [0.4, 0.5) is 13.2 Å². The van der Waals surface area contributed by atoms with Crippen LogP contribution in [0.15, 0.2) is 24.3 Å². The monoisotopic (exact) mass is 465 g/mol. The molecule has 2 aliphatic rings. The van der Waals surface area contributed by atoms with E-state index in [2.05, 4.69) is 5.32 Å². The lowest BCUT2D eigenvalue weighted by Gasteiger charge is -2.28. The highest BCUT2D eigenvalue weighted by molar-refractivity contribution is 7.89. The van der Waals surface area contributed by atoms with Gasteiger partial charge in [-0.3, -0.25) is 4.79 Å². The highest BCUT2D eigenvalue weighted by atomic mass is 32.2. The molecule has 3 rings (SSSR count). The van der Waals surface area contributed by atoms with Crippen molar-refractivity contribution in [1.29, 1.82) is 0 Å². The maximum absolute atomic E-state index is 12.7. The first kappa shape index (κ1) is 25.1. The van der Waals surface area contributed by atoms with Gasteiger partial charge in [-0.15, -0.1) is 0 Å². The van der Waals surface area contributed by atoms with E-state index >= 15 is 0 Å². The van der Waals surface area contributed by atoms with E-state index in [0.29, 0.717) is 31.7 Å². The molecule has 1 aromatic rings. The fraction of sp³-hybridized carbons (Fsp3) is 0.579. The zero-order chi connectivity index (χ0) is 23.2. The Kier molecular flexibility index (Phi) is 8.43. The van der Waals surface area contributed by atoms with Gasteiger partial charge in [-0.2, -0.15) is 17.5 Å².